The van der Waals surface area contributed by atoms with Crippen molar-refractivity contribution in [1.29, 1.82) is 0 Å². The maximum absolute atomic E-state index is 6.14. The lowest BCUT2D eigenvalue weighted by atomic mass is 10.1. The summed E-state index contributed by atoms with van der Waals surface area (Å²) in [6, 6.07) is 9.91. The number of aryl methyl sites for hydroxylation is 2. The first-order valence-corrected chi connectivity index (χ1v) is 8.90. The zero-order valence-electron chi connectivity index (χ0n) is 15.3. The van der Waals surface area contributed by atoms with Crippen molar-refractivity contribution in [2.75, 3.05) is 10.6 Å². The summed E-state index contributed by atoms with van der Waals surface area (Å²) < 4.78 is 0. The number of anilines is 3. The zero-order chi connectivity index (χ0) is 18.7. The fourth-order valence-electron chi connectivity index (χ4n) is 2.73. The summed E-state index contributed by atoms with van der Waals surface area (Å²) in [6.07, 6.45) is 3.54. The SMILES string of the molecule is Cc1cc(Cl)cc(C)c1Nc1cc(-c2cccnc2)nc(NC(C)C)n1. The van der Waals surface area contributed by atoms with Crippen LogP contribution in [0.15, 0.2) is 42.7 Å². The number of nitrogens with one attached hydrogen (secondary N) is 2. The van der Waals surface area contributed by atoms with E-state index in [1.807, 2.05) is 44.2 Å². The lowest BCUT2D eigenvalue weighted by molar-refractivity contribution is 0.875. The van der Waals surface area contributed by atoms with Crippen LogP contribution in [0.2, 0.25) is 5.02 Å². The molecule has 3 rings (SSSR count). The third kappa shape index (κ3) is 4.29. The Morgan fingerprint density at radius 3 is 2.38 bits per heavy atom. The van der Waals surface area contributed by atoms with Gasteiger partial charge in [0.2, 0.25) is 5.95 Å². The Hall–Kier alpha value is -2.66. The van der Waals surface area contributed by atoms with Crippen LogP contribution in [-0.4, -0.2) is 21.0 Å². The van der Waals surface area contributed by atoms with Gasteiger partial charge in [0.05, 0.1) is 5.69 Å². The molecule has 0 saturated heterocycles. The molecule has 0 amide bonds. The van der Waals surface area contributed by atoms with Crippen LogP contribution in [0.5, 0.6) is 0 Å². The van der Waals surface area contributed by atoms with Crippen LogP contribution < -0.4 is 10.6 Å². The van der Waals surface area contributed by atoms with Gasteiger partial charge in [-0.2, -0.15) is 4.98 Å². The molecule has 134 valence electrons. The molecule has 0 saturated carbocycles. The van der Waals surface area contributed by atoms with Crippen molar-refractivity contribution in [3.05, 3.63) is 58.9 Å². The molecule has 0 aliphatic rings. The van der Waals surface area contributed by atoms with Crippen molar-refractivity contribution < 1.29 is 0 Å². The molecule has 2 N–H and O–H groups in total. The Labute approximate surface area is 158 Å². The first kappa shape index (κ1) is 18.1. The quantitative estimate of drug-likeness (QED) is 0.634. The van der Waals surface area contributed by atoms with E-state index in [4.69, 9.17) is 11.6 Å². The monoisotopic (exact) mass is 367 g/mol. The lowest BCUT2D eigenvalue weighted by Crippen LogP contribution is -2.13. The van der Waals surface area contributed by atoms with Crippen molar-refractivity contribution in [2.45, 2.75) is 33.7 Å². The predicted molar refractivity (Wildman–Crippen MR) is 108 cm³/mol. The highest BCUT2D eigenvalue weighted by Crippen LogP contribution is 2.29. The van der Waals surface area contributed by atoms with E-state index in [1.165, 1.54) is 0 Å². The van der Waals surface area contributed by atoms with E-state index >= 15 is 0 Å². The minimum absolute atomic E-state index is 0.228. The number of pyridine rings is 1. The Morgan fingerprint density at radius 2 is 1.77 bits per heavy atom. The average Bonchev–Trinajstić information content (AvgIpc) is 2.58. The van der Waals surface area contributed by atoms with E-state index in [9.17, 15) is 0 Å². The summed E-state index contributed by atoms with van der Waals surface area (Å²) in [5, 5.41) is 7.43. The summed E-state index contributed by atoms with van der Waals surface area (Å²) in [5.74, 6) is 1.30. The molecule has 6 heteroatoms. The maximum Gasteiger partial charge on any atom is 0.225 e. The van der Waals surface area contributed by atoms with Crippen molar-refractivity contribution in [3.63, 3.8) is 0 Å². The highest BCUT2D eigenvalue weighted by atomic mass is 35.5. The molecular formula is C20H22ClN5. The fraction of sp³-hybridized carbons (Fsp3) is 0.250. The molecule has 0 fully saturated rings. The molecule has 0 atom stereocenters. The number of benzene rings is 1. The maximum atomic E-state index is 6.14. The number of rotatable bonds is 5. The summed E-state index contributed by atoms with van der Waals surface area (Å²) in [6.45, 7) is 8.16. The Balaban J connectivity index is 2.03. The molecule has 0 unspecified atom stereocenters. The first-order valence-electron chi connectivity index (χ1n) is 8.52. The van der Waals surface area contributed by atoms with Crippen molar-refractivity contribution in [1.82, 2.24) is 15.0 Å². The third-order valence-electron chi connectivity index (χ3n) is 3.85. The van der Waals surface area contributed by atoms with Gasteiger partial charge in [0.15, 0.2) is 0 Å². The van der Waals surface area contributed by atoms with Gasteiger partial charge >= 0.3 is 0 Å². The number of halogens is 1. The Kier molecular flexibility index (Phi) is 5.38. The van der Waals surface area contributed by atoms with Gasteiger partial charge in [0.1, 0.15) is 5.82 Å². The van der Waals surface area contributed by atoms with Crippen LogP contribution in [0, 0.1) is 13.8 Å². The highest BCUT2D eigenvalue weighted by molar-refractivity contribution is 6.30. The van der Waals surface area contributed by atoms with E-state index in [1.54, 1.807) is 12.4 Å². The molecule has 0 aliphatic carbocycles. The Bertz CT molecular complexity index is 886. The van der Waals surface area contributed by atoms with Gasteiger partial charge < -0.3 is 10.6 Å². The average molecular weight is 368 g/mol. The van der Waals surface area contributed by atoms with Gasteiger partial charge in [-0.3, -0.25) is 4.98 Å². The number of nitrogens with zero attached hydrogens (tertiary/aromatic N) is 3. The standard InChI is InChI=1S/C20H22ClN5/c1-12(2)23-20-24-17(15-6-5-7-22-11-15)10-18(26-20)25-19-13(3)8-16(21)9-14(19)4/h5-12H,1-4H3,(H2,23,24,25,26). The molecule has 26 heavy (non-hydrogen) atoms. The molecule has 2 aromatic heterocycles. The van der Waals surface area contributed by atoms with Gasteiger partial charge in [-0.25, -0.2) is 4.98 Å². The lowest BCUT2D eigenvalue weighted by Gasteiger charge is -2.16. The summed E-state index contributed by atoms with van der Waals surface area (Å²) >= 11 is 6.14. The van der Waals surface area contributed by atoms with Gasteiger partial charge in [0.25, 0.3) is 0 Å². The smallest absolute Gasteiger partial charge is 0.225 e. The number of hydrogen-bond acceptors (Lipinski definition) is 5. The van der Waals surface area contributed by atoms with Gasteiger partial charge in [0, 0.05) is 40.8 Å². The van der Waals surface area contributed by atoms with E-state index in [-0.39, 0.29) is 6.04 Å². The van der Waals surface area contributed by atoms with E-state index in [0.717, 1.165) is 38.9 Å². The Morgan fingerprint density at radius 1 is 1.04 bits per heavy atom. The fourth-order valence-corrected chi connectivity index (χ4v) is 3.06. The van der Waals surface area contributed by atoms with Gasteiger partial charge in [-0.1, -0.05) is 11.6 Å². The molecule has 0 spiro atoms. The largest absolute Gasteiger partial charge is 0.352 e. The molecule has 2 heterocycles. The van der Waals surface area contributed by atoms with E-state index < -0.39 is 0 Å². The summed E-state index contributed by atoms with van der Waals surface area (Å²) in [4.78, 5) is 13.4. The second kappa shape index (κ2) is 7.70. The molecular weight excluding hydrogens is 346 g/mol. The third-order valence-corrected chi connectivity index (χ3v) is 4.07. The van der Waals surface area contributed by atoms with Crippen LogP contribution in [-0.2, 0) is 0 Å². The molecule has 0 aliphatic heterocycles. The minimum Gasteiger partial charge on any atom is -0.352 e. The molecule has 5 nitrogen and oxygen atoms in total. The van der Waals surface area contributed by atoms with Crippen molar-refractivity contribution >= 4 is 29.1 Å². The van der Waals surface area contributed by atoms with E-state index in [0.29, 0.717) is 5.95 Å². The van der Waals surface area contributed by atoms with Gasteiger partial charge in [-0.05, 0) is 63.1 Å². The number of hydrogen-bond donors (Lipinski definition) is 2. The highest BCUT2D eigenvalue weighted by Gasteiger charge is 2.11. The van der Waals surface area contributed by atoms with Crippen LogP contribution in [0.4, 0.5) is 17.5 Å². The second-order valence-corrected chi connectivity index (χ2v) is 6.98. The van der Waals surface area contributed by atoms with Crippen LogP contribution in [0.1, 0.15) is 25.0 Å². The minimum atomic E-state index is 0.228. The number of aromatic nitrogens is 3. The summed E-state index contributed by atoms with van der Waals surface area (Å²) in [5.41, 5.74) is 4.88. The first-order chi connectivity index (χ1) is 12.4. The topological polar surface area (TPSA) is 62.7 Å². The van der Waals surface area contributed by atoms with E-state index in [2.05, 4.69) is 39.4 Å². The van der Waals surface area contributed by atoms with Gasteiger partial charge in [-0.15, -0.1) is 0 Å². The molecule has 0 radical (unpaired) electrons. The van der Waals surface area contributed by atoms with Crippen LogP contribution in [0.3, 0.4) is 0 Å². The summed E-state index contributed by atoms with van der Waals surface area (Å²) in [7, 11) is 0. The molecule has 3 aromatic rings. The molecule has 1 aromatic carbocycles. The van der Waals surface area contributed by atoms with Crippen LogP contribution in [0.25, 0.3) is 11.3 Å². The van der Waals surface area contributed by atoms with Crippen LogP contribution >= 0.6 is 11.6 Å². The van der Waals surface area contributed by atoms with Crippen molar-refractivity contribution in [2.24, 2.45) is 0 Å². The predicted octanol–water partition coefficient (Wildman–Crippen LogP) is 5.37. The molecule has 0 bridgehead atoms. The normalized spacial score (nSPS) is 10.8. The second-order valence-electron chi connectivity index (χ2n) is 6.54. The zero-order valence-corrected chi connectivity index (χ0v) is 16.1. The van der Waals surface area contributed by atoms with Crippen molar-refractivity contribution in [3.8, 4) is 11.3 Å².